The summed E-state index contributed by atoms with van der Waals surface area (Å²) in [6, 6.07) is 7.49. The Morgan fingerprint density at radius 3 is 2.56 bits per heavy atom. The van der Waals surface area contributed by atoms with Gasteiger partial charge in [-0.3, -0.25) is 19.7 Å². The van der Waals surface area contributed by atoms with Gasteiger partial charge in [-0.2, -0.15) is 0 Å². The lowest BCUT2D eigenvalue weighted by molar-refractivity contribution is -0.130. The van der Waals surface area contributed by atoms with E-state index in [9.17, 15) is 14.4 Å². The van der Waals surface area contributed by atoms with E-state index in [1.165, 1.54) is 12.8 Å². The summed E-state index contributed by atoms with van der Waals surface area (Å²) < 4.78 is 5.70. The van der Waals surface area contributed by atoms with Crippen molar-refractivity contribution in [1.29, 1.82) is 0 Å². The van der Waals surface area contributed by atoms with Crippen LogP contribution >= 0.6 is 11.8 Å². The summed E-state index contributed by atoms with van der Waals surface area (Å²) in [5.41, 5.74) is 0.976. The van der Waals surface area contributed by atoms with Crippen LogP contribution in [0.3, 0.4) is 0 Å². The van der Waals surface area contributed by atoms with Crippen LogP contribution < -0.4 is 10.1 Å². The van der Waals surface area contributed by atoms with Gasteiger partial charge in [0.2, 0.25) is 11.8 Å². The molecule has 0 aliphatic carbocycles. The molecule has 0 spiro atoms. The van der Waals surface area contributed by atoms with E-state index in [0.717, 1.165) is 35.9 Å². The van der Waals surface area contributed by atoms with Crippen LogP contribution in [0, 0.1) is 0 Å². The molecule has 148 valence electrons. The second-order valence-electron chi connectivity index (χ2n) is 6.71. The van der Waals surface area contributed by atoms with E-state index in [1.807, 2.05) is 24.3 Å². The molecule has 1 N–H and O–H groups in total. The zero-order valence-corrected chi connectivity index (χ0v) is 16.8. The van der Waals surface area contributed by atoms with Crippen molar-refractivity contribution in [2.45, 2.75) is 50.7 Å². The topological polar surface area (TPSA) is 75.7 Å². The number of likely N-dealkylation sites (N-methyl/N-ethyl adjacent to an activating group) is 1. The Bertz CT molecular complexity index is 648. The number of hydrogen-bond donors (Lipinski definition) is 1. The van der Waals surface area contributed by atoms with Crippen LogP contribution in [0.15, 0.2) is 24.3 Å². The molecule has 7 heteroatoms. The fourth-order valence-corrected chi connectivity index (χ4v) is 3.64. The zero-order valence-electron chi connectivity index (χ0n) is 16.0. The number of rotatable bonds is 11. The molecule has 1 unspecified atom stereocenters. The molecule has 1 aromatic rings. The van der Waals surface area contributed by atoms with Crippen LogP contribution in [-0.2, 0) is 16.0 Å². The molecule has 0 aromatic heterocycles. The van der Waals surface area contributed by atoms with Gasteiger partial charge in [0.1, 0.15) is 12.4 Å². The van der Waals surface area contributed by atoms with Gasteiger partial charge in [-0.25, -0.2) is 0 Å². The van der Waals surface area contributed by atoms with Crippen LogP contribution in [-0.4, -0.2) is 47.4 Å². The Morgan fingerprint density at radius 2 is 1.93 bits per heavy atom. The Labute approximate surface area is 165 Å². The highest BCUT2D eigenvalue weighted by molar-refractivity contribution is 8.15. The smallest absolute Gasteiger partial charge is 0.286 e. The minimum absolute atomic E-state index is 0.159. The largest absolute Gasteiger partial charge is 0.492 e. The molecule has 0 saturated carbocycles. The van der Waals surface area contributed by atoms with Crippen LogP contribution in [0.4, 0.5) is 4.79 Å². The second-order valence-corrected chi connectivity index (χ2v) is 7.88. The van der Waals surface area contributed by atoms with Crippen molar-refractivity contribution in [2.24, 2.45) is 0 Å². The van der Waals surface area contributed by atoms with Gasteiger partial charge in [0, 0.05) is 13.5 Å². The molecule has 27 heavy (non-hydrogen) atoms. The van der Waals surface area contributed by atoms with Crippen LogP contribution in [0.1, 0.15) is 44.6 Å². The molecule has 3 amide bonds. The van der Waals surface area contributed by atoms with Crippen molar-refractivity contribution >= 4 is 28.8 Å². The van der Waals surface area contributed by atoms with Gasteiger partial charge in [0.05, 0.1) is 11.8 Å². The van der Waals surface area contributed by atoms with Gasteiger partial charge >= 0.3 is 0 Å². The number of imide groups is 1. The quantitative estimate of drug-likeness (QED) is 0.584. The highest BCUT2D eigenvalue weighted by atomic mass is 32.2. The Balaban J connectivity index is 1.68. The summed E-state index contributed by atoms with van der Waals surface area (Å²) in [4.78, 5) is 36.5. The van der Waals surface area contributed by atoms with Crippen molar-refractivity contribution in [3.8, 4) is 5.75 Å². The van der Waals surface area contributed by atoms with Gasteiger partial charge in [0.15, 0.2) is 0 Å². The molecule has 1 aliphatic heterocycles. The maximum atomic E-state index is 12.0. The normalized spacial score (nSPS) is 16.3. The number of ether oxygens (including phenoxy) is 1. The number of nitrogens with zero attached hydrogens (tertiary/aromatic N) is 1. The maximum absolute atomic E-state index is 12.0. The first-order valence-electron chi connectivity index (χ1n) is 9.46. The first-order chi connectivity index (χ1) is 13.0. The fraction of sp³-hybridized carbons (Fsp3) is 0.550. The van der Waals surface area contributed by atoms with Crippen molar-refractivity contribution in [3.63, 3.8) is 0 Å². The minimum Gasteiger partial charge on any atom is -0.492 e. The number of benzene rings is 1. The summed E-state index contributed by atoms with van der Waals surface area (Å²) in [5.74, 6) is 0.654. The fourth-order valence-electron chi connectivity index (χ4n) is 2.78. The molecule has 2 rings (SSSR count). The van der Waals surface area contributed by atoms with Crippen molar-refractivity contribution in [2.75, 3.05) is 20.2 Å². The minimum atomic E-state index is -0.360. The van der Waals surface area contributed by atoms with Gasteiger partial charge in [-0.1, -0.05) is 50.1 Å². The number of nitrogens with one attached hydrogen (secondary N) is 1. The van der Waals surface area contributed by atoms with Crippen molar-refractivity contribution < 1.29 is 19.1 Å². The molecule has 0 radical (unpaired) electrons. The predicted octanol–water partition coefficient (Wildman–Crippen LogP) is 3.39. The van der Waals surface area contributed by atoms with Crippen LogP contribution in [0.2, 0.25) is 0 Å². The highest BCUT2D eigenvalue weighted by Gasteiger charge is 2.31. The van der Waals surface area contributed by atoms with E-state index in [0.29, 0.717) is 26.0 Å². The van der Waals surface area contributed by atoms with Gasteiger partial charge in [-0.15, -0.1) is 0 Å². The van der Waals surface area contributed by atoms with E-state index in [2.05, 4.69) is 12.2 Å². The molecule has 1 atom stereocenters. The third kappa shape index (κ3) is 7.25. The number of unbranched alkanes of at least 4 members (excludes halogenated alkanes) is 3. The zero-order chi connectivity index (χ0) is 19.6. The van der Waals surface area contributed by atoms with E-state index < -0.39 is 0 Å². The number of amides is 3. The molecule has 1 aliphatic rings. The van der Waals surface area contributed by atoms with Gasteiger partial charge in [0.25, 0.3) is 5.24 Å². The molecule has 1 heterocycles. The van der Waals surface area contributed by atoms with E-state index in [1.54, 1.807) is 11.9 Å². The maximum Gasteiger partial charge on any atom is 0.286 e. The van der Waals surface area contributed by atoms with E-state index in [4.69, 9.17) is 4.74 Å². The molecule has 6 nitrogen and oxygen atoms in total. The van der Waals surface area contributed by atoms with Crippen LogP contribution in [0.25, 0.3) is 0 Å². The predicted molar refractivity (Wildman–Crippen MR) is 107 cm³/mol. The lowest BCUT2D eigenvalue weighted by Crippen LogP contribution is -2.30. The third-order valence-corrected chi connectivity index (χ3v) is 5.46. The summed E-state index contributed by atoms with van der Waals surface area (Å²) in [6.07, 6.45) is 5.51. The SMILES string of the molecule is CCCCCCC(=O)N(C)CCOc1ccc(CC2SC(=O)NC2=O)cc1. The average molecular weight is 393 g/mol. The first kappa shape index (κ1) is 21.3. The van der Waals surface area contributed by atoms with Crippen LogP contribution in [0.5, 0.6) is 5.75 Å². The molecule has 0 bridgehead atoms. The monoisotopic (exact) mass is 392 g/mol. The average Bonchev–Trinajstić information content (AvgIpc) is 2.97. The standard InChI is InChI=1S/C20H28N2O4S/c1-3-4-5-6-7-18(23)22(2)12-13-26-16-10-8-15(9-11-16)14-17-19(24)21-20(25)27-17/h8-11,17H,3-7,12-14H2,1-2H3,(H,21,24,25). The molecular formula is C20H28N2O4S. The summed E-state index contributed by atoms with van der Waals surface area (Å²) in [7, 11) is 1.81. The molecule has 1 saturated heterocycles. The van der Waals surface area contributed by atoms with Gasteiger partial charge < -0.3 is 9.64 Å². The lowest BCUT2D eigenvalue weighted by Gasteiger charge is -2.17. The number of carbonyl (C=O) groups is 3. The third-order valence-electron chi connectivity index (χ3n) is 4.48. The number of hydrogen-bond acceptors (Lipinski definition) is 5. The first-order valence-corrected chi connectivity index (χ1v) is 10.3. The number of thioether (sulfide) groups is 1. The van der Waals surface area contributed by atoms with Crippen molar-refractivity contribution in [1.82, 2.24) is 10.2 Å². The Morgan fingerprint density at radius 1 is 1.19 bits per heavy atom. The van der Waals surface area contributed by atoms with E-state index >= 15 is 0 Å². The summed E-state index contributed by atoms with van der Waals surface area (Å²) in [6.45, 7) is 3.14. The summed E-state index contributed by atoms with van der Waals surface area (Å²) >= 11 is 1.03. The summed E-state index contributed by atoms with van der Waals surface area (Å²) in [5, 5.41) is 1.65. The number of carbonyl (C=O) groups excluding carboxylic acids is 3. The molecule has 1 fully saturated rings. The highest BCUT2D eigenvalue weighted by Crippen LogP contribution is 2.23. The molecule has 1 aromatic carbocycles. The second kappa shape index (κ2) is 11.0. The van der Waals surface area contributed by atoms with Gasteiger partial charge in [-0.05, 0) is 30.5 Å². The van der Waals surface area contributed by atoms with E-state index in [-0.39, 0.29) is 22.3 Å². The Kier molecular flexibility index (Phi) is 8.64. The lowest BCUT2D eigenvalue weighted by atomic mass is 10.1. The molecular weight excluding hydrogens is 364 g/mol. The Hall–Kier alpha value is -2.02. The van der Waals surface area contributed by atoms with Crippen molar-refractivity contribution in [3.05, 3.63) is 29.8 Å².